The Hall–Kier alpha value is -1.26. The molecule has 0 bridgehead atoms. The minimum atomic E-state index is -0.872. The van der Waals surface area contributed by atoms with Crippen LogP contribution in [0.5, 0.6) is 0 Å². The summed E-state index contributed by atoms with van der Waals surface area (Å²) in [4.78, 5) is 26.8. The molecule has 2 rings (SSSR count). The van der Waals surface area contributed by atoms with Crippen molar-refractivity contribution >= 4 is 12.0 Å². The number of carboxylic acids is 1. The molecule has 2 saturated heterocycles. The highest BCUT2D eigenvalue weighted by atomic mass is 16.4. The van der Waals surface area contributed by atoms with E-state index in [4.69, 9.17) is 5.11 Å². The SMILES string of the molecule is CCC1CCCN1C(=O)N1CCCC1C(=O)O. The number of rotatable bonds is 2. The Morgan fingerprint density at radius 1 is 1.18 bits per heavy atom. The smallest absolute Gasteiger partial charge is 0.326 e. The van der Waals surface area contributed by atoms with Gasteiger partial charge >= 0.3 is 12.0 Å². The predicted octanol–water partition coefficient (Wildman–Crippen LogP) is 1.53. The fourth-order valence-electron chi connectivity index (χ4n) is 2.93. The number of urea groups is 1. The predicted molar refractivity (Wildman–Crippen MR) is 62.8 cm³/mol. The molecule has 0 aromatic carbocycles. The van der Waals surface area contributed by atoms with E-state index in [2.05, 4.69) is 6.92 Å². The molecular weight excluding hydrogens is 220 g/mol. The molecule has 0 spiro atoms. The fraction of sp³-hybridized carbons (Fsp3) is 0.833. The van der Waals surface area contributed by atoms with E-state index in [9.17, 15) is 9.59 Å². The van der Waals surface area contributed by atoms with Gasteiger partial charge in [0, 0.05) is 19.1 Å². The molecule has 0 saturated carbocycles. The van der Waals surface area contributed by atoms with Crippen LogP contribution in [0.4, 0.5) is 4.79 Å². The van der Waals surface area contributed by atoms with Crippen molar-refractivity contribution in [1.82, 2.24) is 9.80 Å². The number of carbonyl (C=O) groups is 2. The van der Waals surface area contributed by atoms with E-state index in [1.165, 1.54) is 4.90 Å². The Morgan fingerprint density at radius 3 is 2.47 bits per heavy atom. The van der Waals surface area contributed by atoms with Crippen molar-refractivity contribution in [3.8, 4) is 0 Å². The molecule has 0 aromatic rings. The lowest BCUT2D eigenvalue weighted by Crippen LogP contribution is -2.49. The zero-order valence-corrected chi connectivity index (χ0v) is 10.3. The zero-order valence-electron chi connectivity index (χ0n) is 10.3. The molecule has 5 heteroatoms. The second-order valence-corrected chi connectivity index (χ2v) is 4.87. The summed E-state index contributed by atoms with van der Waals surface area (Å²) in [5, 5.41) is 9.09. The summed E-state index contributed by atoms with van der Waals surface area (Å²) in [6, 6.07) is -0.377. The summed E-state index contributed by atoms with van der Waals surface area (Å²) < 4.78 is 0. The average Bonchev–Trinajstić information content (AvgIpc) is 2.96. The Kier molecular flexibility index (Phi) is 3.54. The molecule has 96 valence electrons. The molecule has 2 atom stereocenters. The van der Waals surface area contributed by atoms with Gasteiger partial charge in [0.1, 0.15) is 6.04 Å². The molecule has 0 radical (unpaired) electrons. The van der Waals surface area contributed by atoms with Crippen molar-refractivity contribution in [2.75, 3.05) is 13.1 Å². The summed E-state index contributed by atoms with van der Waals surface area (Å²) in [6.07, 6.45) is 4.43. The van der Waals surface area contributed by atoms with Gasteiger partial charge in [0.25, 0.3) is 0 Å². The lowest BCUT2D eigenvalue weighted by atomic mass is 10.2. The third-order valence-corrected chi connectivity index (χ3v) is 3.88. The Bertz CT molecular complexity index is 319. The van der Waals surface area contributed by atoms with Gasteiger partial charge in [0.05, 0.1) is 0 Å². The van der Waals surface area contributed by atoms with Crippen molar-refractivity contribution in [3.63, 3.8) is 0 Å². The van der Waals surface area contributed by atoms with Crippen LogP contribution in [0.1, 0.15) is 39.0 Å². The Labute approximate surface area is 101 Å². The largest absolute Gasteiger partial charge is 0.480 e. The van der Waals surface area contributed by atoms with Gasteiger partial charge in [-0.25, -0.2) is 9.59 Å². The van der Waals surface area contributed by atoms with E-state index in [0.29, 0.717) is 19.0 Å². The quantitative estimate of drug-likeness (QED) is 0.796. The average molecular weight is 240 g/mol. The number of carboxylic acid groups (broad SMARTS) is 1. The molecule has 2 unspecified atom stereocenters. The Balaban J connectivity index is 2.06. The molecule has 2 fully saturated rings. The molecule has 17 heavy (non-hydrogen) atoms. The lowest BCUT2D eigenvalue weighted by molar-refractivity contribution is -0.141. The Morgan fingerprint density at radius 2 is 1.82 bits per heavy atom. The molecular formula is C12H20N2O3. The number of nitrogens with zero attached hydrogens (tertiary/aromatic N) is 2. The van der Waals surface area contributed by atoms with Crippen LogP contribution in [0, 0.1) is 0 Å². The number of amides is 2. The molecule has 2 aliphatic rings. The van der Waals surface area contributed by atoms with Crippen LogP contribution in [-0.4, -0.2) is 52.1 Å². The van der Waals surface area contributed by atoms with Crippen molar-refractivity contribution in [3.05, 3.63) is 0 Å². The van der Waals surface area contributed by atoms with Gasteiger partial charge in [0.15, 0.2) is 0 Å². The maximum Gasteiger partial charge on any atom is 0.326 e. The lowest BCUT2D eigenvalue weighted by Gasteiger charge is -2.31. The van der Waals surface area contributed by atoms with Crippen LogP contribution in [-0.2, 0) is 4.79 Å². The van der Waals surface area contributed by atoms with E-state index < -0.39 is 12.0 Å². The normalized spacial score (nSPS) is 28.8. The molecule has 2 amide bonds. The second-order valence-electron chi connectivity index (χ2n) is 4.87. The van der Waals surface area contributed by atoms with E-state index in [1.54, 1.807) is 0 Å². The zero-order chi connectivity index (χ0) is 12.4. The van der Waals surface area contributed by atoms with Crippen molar-refractivity contribution in [2.45, 2.75) is 51.1 Å². The number of carbonyl (C=O) groups excluding carboxylic acids is 1. The highest BCUT2D eigenvalue weighted by Gasteiger charge is 2.38. The van der Waals surface area contributed by atoms with E-state index in [-0.39, 0.29) is 6.03 Å². The van der Waals surface area contributed by atoms with Crippen molar-refractivity contribution in [2.24, 2.45) is 0 Å². The minimum absolute atomic E-state index is 0.0701. The molecule has 0 aliphatic carbocycles. The van der Waals surface area contributed by atoms with Crippen molar-refractivity contribution in [1.29, 1.82) is 0 Å². The first-order chi connectivity index (χ1) is 8.15. The molecule has 2 aliphatic heterocycles. The summed E-state index contributed by atoms with van der Waals surface area (Å²) in [5.41, 5.74) is 0. The second kappa shape index (κ2) is 4.94. The standard InChI is InChI=1S/C12H20N2O3/c1-2-9-5-3-7-13(9)12(17)14-8-4-6-10(14)11(15)16/h9-10H,2-8H2,1H3,(H,15,16). The fourth-order valence-corrected chi connectivity index (χ4v) is 2.93. The summed E-state index contributed by atoms with van der Waals surface area (Å²) >= 11 is 0. The topological polar surface area (TPSA) is 60.9 Å². The number of hydrogen-bond acceptors (Lipinski definition) is 2. The van der Waals surface area contributed by atoms with Crippen LogP contribution in [0.25, 0.3) is 0 Å². The molecule has 5 nitrogen and oxygen atoms in total. The number of hydrogen-bond donors (Lipinski definition) is 1. The first-order valence-electron chi connectivity index (χ1n) is 6.45. The van der Waals surface area contributed by atoms with E-state index in [1.807, 2.05) is 4.90 Å². The van der Waals surface area contributed by atoms with Crippen LogP contribution in [0.15, 0.2) is 0 Å². The highest BCUT2D eigenvalue weighted by Crippen LogP contribution is 2.25. The van der Waals surface area contributed by atoms with Gasteiger partial charge in [-0.05, 0) is 32.1 Å². The van der Waals surface area contributed by atoms with E-state index >= 15 is 0 Å². The van der Waals surface area contributed by atoms with Gasteiger partial charge in [0.2, 0.25) is 0 Å². The van der Waals surface area contributed by atoms with Crippen LogP contribution in [0.3, 0.4) is 0 Å². The number of likely N-dealkylation sites (tertiary alicyclic amines) is 2. The first-order valence-corrected chi connectivity index (χ1v) is 6.45. The maximum absolute atomic E-state index is 12.3. The third kappa shape index (κ3) is 2.23. The minimum Gasteiger partial charge on any atom is -0.480 e. The number of aliphatic carboxylic acids is 1. The summed E-state index contributed by atoms with van der Waals surface area (Å²) in [7, 11) is 0. The molecule has 0 aromatic heterocycles. The van der Waals surface area contributed by atoms with E-state index in [0.717, 1.165) is 32.2 Å². The van der Waals surface area contributed by atoms with Gasteiger partial charge in [-0.2, -0.15) is 0 Å². The van der Waals surface area contributed by atoms with Crippen LogP contribution in [0.2, 0.25) is 0 Å². The summed E-state index contributed by atoms with van der Waals surface area (Å²) in [6.45, 7) is 3.44. The van der Waals surface area contributed by atoms with Crippen LogP contribution >= 0.6 is 0 Å². The summed E-state index contributed by atoms with van der Waals surface area (Å²) in [5.74, 6) is -0.872. The highest BCUT2D eigenvalue weighted by molar-refractivity contribution is 5.83. The first kappa shape index (κ1) is 12.2. The van der Waals surface area contributed by atoms with Crippen LogP contribution < -0.4 is 0 Å². The van der Waals surface area contributed by atoms with Crippen molar-refractivity contribution < 1.29 is 14.7 Å². The van der Waals surface area contributed by atoms with Gasteiger partial charge in [-0.1, -0.05) is 6.92 Å². The maximum atomic E-state index is 12.3. The van der Waals surface area contributed by atoms with Gasteiger partial charge < -0.3 is 14.9 Å². The van der Waals surface area contributed by atoms with Gasteiger partial charge in [-0.15, -0.1) is 0 Å². The molecule has 1 N–H and O–H groups in total. The molecule has 2 heterocycles. The van der Waals surface area contributed by atoms with Gasteiger partial charge in [-0.3, -0.25) is 0 Å². The monoisotopic (exact) mass is 240 g/mol. The third-order valence-electron chi connectivity index (χ3n) is 3.88.